The zero-order valence-corrected chi connectivity index (χ0v) is 15.3. The maximum absolute atomic E-state index is 12.8. The third kappa shape index (κ3) is 2.74. The Labute approximate surface area is 144 Å². The maximum Gasteiger partial charge on any atom is 0.281 e. The van der Waals surface area contributed by atoms with E-state index >= 15 is 0 Å². The minimum atomic E-state index is -3.38. The number of carbonyl (C=O) groups excluding carboxylic acids is 1. The summed E-state index contributed by atoms with van der Waals surface area (Å²) in [5.74, 6) is 0.0262. The smallest absolute Gasteiger partial charge is 0.281 e. The minimum absolute atomic E-state index is 0.117. The number of hydrogen-bond donors (Lipinski definition) is 0. The standard InChI is InChI=1S/C17H25N3O3S/c1-18(2)24(22,23)20-11-9-17(10-12-20)13-15(16(21)19(17)3)14-7-5-4-6-8-14/h4-8,15H,9-13H2,1-3H3. The van der Waals surface area contributed by atoms with E-state index in [0.717, 1.165) is 12.0 Å². The van der Waals surface area contributed by atoms with Gasteiger partial charge in [-0.1, -0.05) is 30.3 Å². The SMILES string of the molecule is CN1C(=O)C(c2ccccc2)CC12CCN(S(=O)(=O)N(C)C)CC2. The van der Waals surface area contributed by atoms with Crippen LogP contribution in [0.1, 0.15) is 30.7 Å². The molecule has 132 valence electrons. The third-order valence-corrected chi connectivity index (χ3v) is 7.51. The lowest BCUT2D eigenvalue weighted by atomic mass is 9.82. The molecular weight excluding hydrogens is 326 g/mol. The molecular formula is C17H25N3O3S. The number of amides is 1. The Balaban J connectivity index is 1.78. The van der Waals surface area contributed by atoms with Gasteiger partial charge in [0, 0.05) is 39.8 Å². The monoisotopic (exact) mass is 351 g/mol. The van der Waals surface area contributed by atoms with Crippen LogP contribution >= 0.6 is 0 Å². The molecule has 2 fully saturated rings. The highest BCUT2D eigenvalue weighted by Gasteiger charge is 2.51. The van der Waals surface area contributed by atoms with E-state index in [1.54, 1.807) is 14.1 Å². The van der Waals surface area contributed by atoms with Crippen LogP contribution in [0.25, 0.3) is 0 Å². The van der Waals surface area contributed by atoms with Crippen LogP contribution in [0.15, 0.2) is 30.3 Å². The highest BCUT2D eigenvalue weighted by molar-refractivity contribution is 7.86. The van der Waals surface area contributed by atoms with Gasteiger partial charge < -0.3 is 4.90 Å². The van der Waals surface area contributed by atoms with Gasteiger partial charge in [0.1, 0.15) is 0 Å². The van der Waals surface area contributed by atoms with Gasteiger partial charge in [0.2, 0.25) is 5.91 Å². The second-order valence-corrected chi connectivity index (χ2v) is 9.12. The Morgan fingerprint density at radius 2 is 1.71 bits per heavy atom. The Kier molecular flexibility index (Phi) is 4.44. The van der Waals surface area contributed by atoms with Crippen LogP contribution < -0.4 is 0 Å². The van der Waals surface area contributed by atoms with Crippen molar-refractivity contribution in [1.29, 1.82) is 0 Å². The Bertz CT molecular complexity index is 710. The van der Waals surface area contributed by atoms with E-state index in [4.69, 9.17) is 0 Å². The van der Waals surface area contributed by atoms with Crippen LogP contribution in [-0.2, 0) is 15.0 Å². The molecule has 1 amide bonds. The van der Waals surface area contributed by atoms with E-state index in [1.807, 2.05) is 42.3 Å². The van der Waals surface area contributed by atoms with Crippen molar-refractivity contribution in [2.24, 2.45) is 0 Å². The molecule has 0 aliphatic carbocycles. The topological polar surface area (TPSA) is 60.9 Å². The molecule has 24 heavy (non-hydrogen) atoms. The molecule has 3 rings (SSSR count). The largest absolute Gasteiger partial charge is 0.339 e. The number of nitrogens with zero attached hydrogens (tertiary/aromatic N) is 3. The van der Waals surface area contributed by atoms with Crippen LogP contribution in [-0.4, -0.2) is 67.6 Å². The highest BCUT2D eigenvalue weighted by Crippen LogP contribution is 2.45. The molecule has 2 aliphatic heterocycles. The van der Waals surface area contributed by atoms with Crippen LogP contribution in [0.4, 0.5) is 0 Å². The first-order valence-electron chi connectivity index (χ1n) is 8.28. The summed E-state index contributed by atoms with van der Waals surface area (Å²) in [6.07, 6.45) is 2.14. The van der Waals surface area contributed by atoms with Crippen molar-refractivity contribution >= 4 is 16.1 Å². The Hall–Kier alpha value is -1.44. The van der Waals surface area contributed by atoms with E-state index in [-0.39, 0.29) is 17.4 Å². The molecule has 0 aromatic heterocycles. The minimum Gasteiger partial charge on any atom is -0.339 e. The molecule has 2 heterocycles. The summed E-state index contributed by atoms with van der Waals surface area (Å²) in [5.41, 5.74) is 0.824. The summed E-state index contributed by atoms with van der Waals surface area (Å²) in [7, 11) is 1.59. The predicted molar refractivity (Wildman–Crippen MR) is 92.7 cm³/mol. The van der Waals surface area contributed by atoms with Gasteiger partial charge in [-0.15, -0.1) is 0 Å². The summed E-state index contributed by atoms with van der Waals surface area (Å²) in [6.45, 7) is 0.916. The molecule has 1 aromatic rings. The highest BCUT2D eigenvalue weighted by atomic mass is 32.2. The number of carbonyl (C=O) groups is 1. The molecule has 0 saturated carbocycles. The Morgan fingerprint density at radius 3 is 2.25 bits per heavy atom. The second-order valence-electron chi connectivity index (χ2n) is 6.98. The van der Waals surface area contributed by atoms with E-state index < -0.39 is 10.2 Å². The van der Waals surface area contributed by atoms with E-state index in [1.165, 1.54) is 8.61 Å². The van der Waals surface area contributed by atoms with Gasteiger partial charge in [-0.3, -0.25) is 4.79 Å². The molecule has 0 radical (unpaired) electrons. The molecule has 1 aromatic carbocycles. The van der Waals surface area contributed by atoms with Gasteiger partial charge in [-0.2, -0.15) is 17.0 Å². The first kappa shape index (κ1) is 17.4. The summed E-state index contributed by atoms with van der Waals surface area (Å²) < 4.78 is 27.4. The van der Waals surface area contributed by atoms with Crippen molar-refractivity contribution in [1.82, 2.24) is 13.5 Å². The molecule has 0 bridgehead atoms. The van der Waals surface area contributed by atoms with E-state index in [0.29, 0.717) is 25.9 Å². The zero-order chi connectivity index (χ0) is 17.5. The maximum atomic E-state index is 12.8. The normalized spacial score (nSPS) is 24.9. The lowest BCUT2D eigenvalue weighted by Crippen LogP contribution is -2.54. The van der Waals surface area contributed by atoms with Crippen molar-refractivity contribution in [2.75, 3.05) is 34.2 Å². The van der Waals surface area contributed by atoms with Crippen molar-refractivity contribution < 1.29 is 13.2 Å². The number of hydrogen-bond acceptors (Lipinski definition) is 3. The van der Waals surface area contributed by atoms with Crippen LogP contribution in [0.5, 0.6) is 0 Å². The number of rotatable bonds is 3. The van der Waals surface area contributed by atoms with Crippen molar-refractivity contribution in [3.63, 3.8) is 0 Å². The molecule has 1 unspecified atom stereocenters. The molecule has 6 nitrogen and oxygen atoms in total. The van der Waals surface area contributed by atoms with Crippen molar-refractivity contribution in [2.45, 2.75) is 30.7 Å². The number of likely N-dealkylation sites (tertiary alicyclic amines) is 1. The zero-order valence-electron chi connectivity index (χ0n) is 14.5. The van der Waals surface area contributed by atoms with Crippen LogP contribution in [0.3, 0.4) is 0 Å². The van der Waals surface area contributed by atoms with Crippen LogP contribution in [0.2, 0.25) is 0 Å². The summed E-state index contributed by atoms with van der Waals surface area (Å²) in [4.78, 5) is 14.6. The molecule has 0 N–H and O–H groups in total. The quantitative estimate of drug-likeness (QED) is 0.824. The lowest BCUT2D eigenvalue weighted by Gasteiger charge is -2.43. The first-order valence-corrected chi connectivity index (χ1v) is 9.68. The molecule has 1 spiro atoms. The summed E-state index contributed by atoms with van der Waals surface area (Å²) in [5, 5.41) is 0. The van der Waals surface area contributed by atoms with Crippen LogP contribution in [0, 0.1) is 0 Å². The fourth-order valence-corrected chi connectivity index (χ4v) is 5.03. The average molecular weight is 351 g/mol. The molecule has 1 atom stereocenters. The van der Waals surface area contributed by atoms with E-state index in [9.17, 15) is 13.2 Å². The van der Waals surface area contributed by atoms with Gasteiger partial charge in [-0.05, 0) is 24.8 Å². The van der Waals surface area contributed by atoms with Gasteiger partial charge >= 0.3 is 0 Å². The molecule has 7 heteroatoms. The fraction of sp³-hybridized carbons (Fsp3) is 0.588. The number of likely N-dealkylation sites (N-methyl/N-ethyl adjacent to an activating group) is 1. The first-order chi connectivity index (χ1) is 11.3. The van der Waals surface area contributed by atoms with E-state index in [2.05, 4.69) is 0 Å². The van der Waals surface area contributed by atoms with Crippen molar-refractivity contribution in [3.05, 3.63) is 35.9 Å². The Morgan fingerprint density at radius 1 is 1.12 bits per heavy atom. The van der Waals surface area contributed by atoms with Crippen molar-refractivity contribution in [3.8, 4) is 0 Å². The summed E-state index contributed by atoms with van der Waals surface area (Å²) >= 11 is 0. The van der Waals surface area contributed by atoms with Gasteiger partial charge in [0.15, 0.2) is 0 Å². The van der Waals surface area contributed by atoms with Gasteiger partial charge in [0.25, 0.3) is 10.2 Å². The van der Waals surface area contributed by atoms with Gasteiger partial charge in [0.05, 0.1) is 5.92 Å². The summed E-state index contributed by atoms with van der Waals surface area (Å²) in [6, 6.07) is 9.87. The fourth-order valence-electron chi connectivity index (χ4n) is 3.92. The molecule has 2 aliphatic rings. The lowest BCUT2D eigenvalue weighted by molar-refractivity contribution is -0.131. The average Bonchev–Trinajstić information content (AvgIpc) is 2.81. The number of benzene rings is 1. The van der Waals surface area contributed by atoms with Gasteiger partial charge in [-0.25, -0.2) is 0 Å². The molecule has 2 saturated heterocycles. The predicted octanol–water partition coefficient (Wildman–Crippen LogP) is 1.27. The number of piperidine rings is 1. The third-order valence-electron chi connectivity index (χ3n) is 5.57. The second kappa shape index (κ2) is 6.13.